The van der Waals surface area contributed by atoms with Gasteiger partial charge in [-0.1, -0.05) is 46.7 Å². The Morgan fingerprint density at radius 3 is 0.754 bits per heavy atom. The molecule has 0 atom stereocenters. The number of carbonyl (C=O) groups excluding carboxylic acids is 5. The van der Waals surface area contributed by atoms with Gasteiger partial charge in [0.2, 0.25) is 0 Å². The fourth-order valence-electron chi connectivity index (χ4n) is 8.45. The third-order valence-corrected chi connectivity index (χ3v) is 19.4. The molecule has 0 fully saturated rings. The van der Waals surface area contributed by atoms with Crippen molar-refractivity contribution in [2.45, 2.75) is 142 Å². The van der Waals surface area contributed by atoms with Crippen LogP contribution in [-0.2, 0) is 47.7 Å². The molecule has 0 aromatic heterocycles. The van der Waals surface area contributed by atoms with Gasteiger partial charge in [0.1, 0.15) is 70.8 Å². The van der Waals surface area contributed by atoms with Crippen LogP contribution in [0.15, 0.2) is 62.3 Å². The zero-order valence-electron chi connectivity index (χ0n) is 83.2. The van der Waals surface area contributed by atoms with E-state index in [0.717, 1.165) is 193 Å². The Labute approximate surface area is 727 Å². The third kappa shape index (κ3) is 107. The van der Waals surface area contributed by atoms with Crippen molar-refractivity contribution in [1.29, 1.82) is 31.6 Å². The van der Waals surface area contributed by atoms with Gasteiger partial charge in [0.05, 0.1) is 290 Å². The molecule has 0 amide bonds. The highest BCUT2D eigenvalue weighted by atomic mass is 16.5. The Balaban J connectivity index is -0.000000119. The minimum absolute atomic E-state index is 0.288. The molecular weight excluding hydrogens is 1490 g/mol. The molecule has 0 bridgehead atoms. The molecule has 0 aromatic rings. The molecule has 118 heavy (non-hydrogen) atoms. The monoisotopic (exact) mass is 1680 g/mol. The number of ether oxygens (including phenoxy) is 5. The van der Waals surface area contributed by atoms with Crippen molar-refractivity contribution < 1.29 is 97.0 Å². The lowest BCUT2D eigenvalue weighted by Crippen LogP contribution is -2.46. The van der Waals surface area contributed by atoms with Gasteiger partial charge in [-0.25, -0.2) is 24.0 Å². The van der Waals surface area contributed by atoms with Gasteiger partial charge < -0.3 is 73.0 Å². The molecule has 27 heteroatoms. The Bertz CT molecular complexity index is 2870. The second-order valence-corrected chi connectivity index (χ2v) is 35.9. The molecule has 0 aliphatic carbocycles. The molecule has 0 aliphatic heterocycles. The number of unbranched alkanes of at least 4 members (excludes halogenated alkanes) is 1. The maximum Gasteiger partial charge on any atom is 0.333 e. The van der Waals surface area contributed by atoms with Crippen molar-refractivity contribution >= 4 is 29.8 Å². The first-order valence-corrected chi connectivity index (χ1v) is 42.4. The van der Waals surface area contributed by atoms with Gasteiger partial charge in [0.25, 0.3) is 0 Å². The average molecular weight is 1680 g/mol. The third-order valence-electron chi connectivity index (χ3n) is 19.4. The molecule has 0 radical (unpaired) electrons. The lowest BCUT2D eigenvalue weighted by atomic mass is 10.2. The molecule has 0 aliphatic rings. The highest BCUT2D eigenvalue weighted by Crippen LogP contribution is 2.08. The molecule has 686 valence electrons. The molecular formula is C91H188N17O10+11. The van der Waals surface area contributed by atoms with E-state index < -0.39 is 0 Å². The van der Waals surface area contributed by atoms with Gasteiger partial charge in [-0.2, -0.15) is 31.6 Å². The van der Waals surface area contributed by atoms with E-state index in [9.17, 15) is 24.0 Å². The number of carbonyl (C=O) groups is 5. The number of rotatable bonds is 45. The van der Waals surface area contributed by atoms with Crippen LogP contribution in [0.1, 0.15) is 142 Å². The smallest absolute Gasteiger partial charge is 0.333 e. The summed E-state index contributed by atoms with van der Waals surface area (Å²) in [5.74, 6) is -1.61. The van der Waals surface area contributed by atoms with E-state index in [1.807, 2.05) is 42.3 Å². The summed E-state index contributed by atoms with van der Waals surface area (Å²) in [7, 11) is 43.8. The SMILES string of the molecule is C=C(C)C(=O)OCC[N+](C)(C)C.C=C(C)C(=O)OCC[N+](C)(CC)CC.C=CC(=O)OCCC[N+](C)(C)C.C=CC(=O)OCC[N+](C)(C)C.C=CC(=O)OCC[N+](C)(CC)CC.CCC[N+](C)(CC#N)CCC.CC[N+](C)(CC)CC#N.CC[N+](C)(CC)CCC#N.CC[N+](C)(CC)CCCC#N.C[N+](C)(C)CC#N.C[N+](C)(C)CCC#N. The maximum atomic E-state index is 11.1. The minimum atomic E-state index is -0.349. The molecule has 0 rings (SSSR count). The number of likely N-dealkylation sites (N-methyl/N-ethyl adjacent to an activating group) is 4. The van der Waals surface area contributed by atoms with Gasteiger partial charge in [0.15, 0.2) is 19.6 Å². The van der Waals surface area contributed by atoms with Crippen LogP contribution < -0.4 is 0 Å². The predicted molar refractivity (Wildman–Crippen MR) is 488 cm³/mol. The van der Waals surface area contributed by atoms with Crippen LogP contribution in [0.4, 0.5) is 0 Å². The molecule has 27 nitrogen and oxygen atoms in total. The number of quaternary nitrogens is 11. The summed E-state index contributed by atoms with van der Waals surface area (Å²) in [4.78, 5) is 53.8. The van der Waals surface area contributed by atoms with Gasteiger partial charge in [-0.3, -0.25) is 0 Å². The van der Waals surface area contributed by atoms with E-state index in [0.29, 0.717) is 83.1 Å². The Kier molecular flexibility index (Phi) is 88.6. The van der Waals surface area contributed by atoms with Crippen molar-refractivity contribution in [2.24, 2.45) is 0 Å². The lowest BCUT2D eigenvalue weighted by molar-refractivity contribution is -0.906. The van der Waals surface area contributed by atoms with Crippen molar-refractivity contribution in [3.8, 4) is 36.4 Å². The van der Waals surface area contributed by atoms with Crippen LogP contribution in [0.3, 0.4) is 0 Å². The number of hydrogen-bond acceptors (Lipinski definition) is 16. The number of esters is 5. The summed E-state index contributed by atoms with van der Waals surface area (Å²) in [6.07, 6.45) is 9.85. The topological polar surface area (TPSA) is 274 Å². The summed E-state index contributed by atoms with van der Waals surface area (Å²) in [6.45, 7) is 71.0. The average Bonchev–Trinajstić information content (AvgIpc) is 0.977. The van der Waals surface area contributed by atoms with Gasteiger partial charge >= 0.3 is 29.8 Å². The maximum absolute atomic E-state index is 11.1. The van der Waals surface area contributed by atoms with E-state index >= 15 is 0 Å². The zero-order valence-corrected chi connectivity index (χ0v) is 83.2. The number of hydrogen-bond donors (Lipinski definition) is 0. The second-order valence-electron chi connectivity index (χ2n) is 35.9. The first-order chi connectivity index (χ1) is 54.1. The van der Waals surface area contributed by atoms with Crippen LogP contribution in [0.25, 0.3) is 0 Å². The van der Waals surface area contributed by atoms with Crippen molar-refractivity contribution in [2.75, 3.05) is 332 Å². The lowest BCUT2D eigenvalue weighted by Gasteiger charge is -2.31. The molecule has 0 saturated carbocycles. The normalized spacial score (nSPS) is 11.0. The first-order valence-electron chi connectivity index (χ1n) is 42.4. The fourth-order valence-corrected chi connectivity index (χ4v) is 8.45. The van der Waals surface area contributed by atoms with E-state index in [2.05, 4.69) is 258 Å². The van der Waals surface area contributed by atoms with E-state index in [1.165, 1.54) is 31.3 Å². The minimum Gasteiger partial charge on any atom is -0.462 e. The number of nitriles is 6. The standard InChI is InChI=1S/C11H22NO2.C10H20NO2.2C9H19N2.2C9H18NO2.C8H17N2.C8H16NO2.C7H15N2.C6H13N2.C5H11N2/c1-6-12(5,7-2)8-9-14-11(13)10(3)4;1-5-10(12)13-9-8-11(4,6-2)7-3;1-4-11(3,5-2)9-7-6-8-10;1-4-7-11(3,8-5-2)9-6-10;1-8(2)9(11)12-7-6-10(3,4)5;1-5-9(11)12-8-6-7-10(2,3)4;1-4-10(3,5-2)8-6-7-9;1-5-8(10)11-7-6-9(2,3)4;1-4-9(3,5-2)7-6-8;1-8(2,3)6-4-5-7;1-7(2,3)5-4-6/h3,6-9H2,1-2,4-5H3;5H,1,6-9H2,2-4H3;4-7,9H2,1-3H3;4-5,7-9H2,1-3H3;1,6-7H2,2-5H3;5H,1,6-8H2,2-4H3;4-6,8H2,1-3H3;5H,1,6-7H2,2-4H3;4-5,7H2,1-3H3;4,6H2,1-3H3;5H2,1-3H3/q11*+1. The fraction of sp³-hybridized carbons (Fsp3) is 0.769. The van der Waals surface area contributed by atoms with E-state index in [1.54, 1.807) is 13.8 Å². The van der Waals surface area contributed by atoms with E-state index in [-0.39, 0.29) is 29.8 Å². The Morgan fingerprint density at radius 2 is 0.525 bits per heavy atom. The van der Waals surface area contributed by atoms with Crippen LogP contribution in [0, 0.1) is 68.0 Å². The molecule has 0 spiro atoms. The van der Waals surface area contributed by atoms with Crippen LogP contribution in [0.2, 0.25) is 0 Å². The molecule has 0 unspecified atom stereocenters. The predicted octanol–water partition coefficient (Wildman–Crippen LogP) is 11.6. The molecule has 0 aromatic carbocycles. The molecule has 0 saturated heterocycles. The highest BCUT2D eigenvalue weighted by Gasteiger charge is 2.22. The van der Waals surface area contributed by atoms with Gasteiger partial charge in [-0.05, 0) is 95.9 Å². The Hall–Kier alpha value is -7.45. The van der Waals surface area contributed by atoms with Crippen molar-refractivity contribution in [3.05, 3.63) is 62.3 Å². The molecule has 0 heterocycles. The van der Waals surface area contributed by atoms with E-state index in [4.69, 9.17) is 55.3 Å². The van der Waals surface area contributed by atoms with Crippen molar-refractivity contribution in [3.63, 3.8) is 0 Å². The molecule has 0 N–H and O–H groups in total. The van der Waals surface area contributed by atoms with Crippen molar-refractivity contribution in [1.82, 2.24) is 0 Å². The largest absolute Gasteiger partial charge is 0.462 e. The summed E-state index contributed by atoms with van der Waals surface area (Å²) in [5, 5.41) is 50.0. The quantitative estimate of drug-likeness (QED) is 0.0137. The summed E-state index contributed by atoms with van der Waals surface area (Å²) < 4.78 is 34.4. The summed E-state index contributed by atoms with van der Waals surface area (Å²) >= 11 is 0. The van der Waals surface area contributed by atoms with Gasteiger partial charge in [0, 0.05) is 48.6 Å². The summed E-state index contributed by atoms with van der Waals surface area (Å²) in [5.41, 5.74) is 0.920. The first kappa shape index (κ1) is 134. The van der Waals surface area contributed by atoms with Crippen LogP contribution in [0.5, 0.6) is 0 Å². The summed E-state index contributed by atoms with van der Waals surface area (Å²) in [6, 6.07) is 13.0. The highest BCUT2D eigenvalue weighted by molar-refractivity contribution is 5.87. The second kappa shape index (κ2) is 78.1. The van der Waals surface area contributed by atoms with Gasteiger partial charge in [-0.15, -0.1) is 0 Å². The number of nitrogens with zero attached hydrogens (tertiary/aromatic N) is 17. The zero-order chi connectivity index (χ0) is 95.2. The Morgan fingerprint density at radius 1 is 0.271 bits per heavy atom. The van der Waals surface area contributed by atoms with Crippen LogP contribution >= 0.6 is 0 Å². The van der Waals surface area contributed by atoms with Crippen LogP contribution in [-0.4, -0.2) is 411 Å².